The molecule has 0 saturated heterocycles. The molecule has 0 aliphatic heterocycles. The Morgan fingerprint density at radius 1 is 1.17 bits per heavy atom. The minimum absolute atomic E-state index is 0.213. The summed E-state index contributed by atoms with van der Waals surface area (Å²) in [6.45, 7) is 1.80. The molecule has 0 aliphatic carbocycles. The van der Waals surface area contributed by atoms with Crippen LogP contribution in [0.25, 0.3) is 22.5 Å². The highest BCUT2D eigenvalue weighted by molar-refractivity contribution is 5.80. The van der Waals surface area contributed by atoms with Crippen molar-refractivity contribution in [2.75, 3.05) is 13.2 Å². The largest absolute Gasteiger partial charge is 0.482 e. The van der Waals surface area contributed by atoms with Gasteiger partial charge in [0.15, 0.2) is 23.6 Å². The lowest BCUT2D eigenvalue weighted by Crippen LogP contribution is -2.14. The Hall–Kier alpha value is -3.02. The van der Waals surface area contributed by atoms with E-state index in [0.29, 0.717) is 34.8 Å². The molecule has 0 radical (unpaired) electrons. The molecule has 0 spiro atoms. The van der Waals surface area contributed by atoms with Crippen LogP contribution < -0.4 is 10.2 Å². The van der Waals surface area contributed by atoms with Gasteiger partial charge in [-0.3, -0.25) is 4.79 Å². The van der Waals surface area contributed by atoms with Crippen LogP contribution >= 0.6 is 0 Å². The van der Waals surface area contributed by atoms with Gasteiger partial charge in [-0.15, -0.1) is 0 Å². The SMILES string of the molecule is CCOC(=O)COc1ccc2oc(-c3ccco3)cc(=O)c2c1. The Balaban J connectivity index is 1.89. The maximum Gasteiger partial charge on any atom is 0.344 e. The third-order valence-electron chi connectivity index (χ3n) is 3.12. The highest BCUT2D eigenvalue weighted by atomic mass is 16.6. The minimum Gasteiger partial charge on any atom is -0.482 e. The first-order valence-corrected chi connectivity index (χ1v) is 7.07. The van der Waals surface area contributed by atoms with Crippen molar-refractivity contribution in [3.63, 3.8) is 0 Å². The third kappa shape index (κ3) is 3.26. The summed E-state index contributed by atoms with van der Waals surface area (Å²) in [5, 5.41) is 0.363. The number of hydrogen-bond acceptors (Lipinski definition) is 6. The van der Waals surface area contributed by atoms with Gasteiger partial charge in [0.25, 0.3) is 0 Å². The molecule has 2 heterocycles. The highest BCUT2D eigenvalue weighted by Crippen LogP contribution is 2.24. The summed E-state index contributed by atoms with van der Waals surface area (Å²) < 4.78 is 21.0. The van der Waals surface area contributed by atoms with E-state index in [-0.39, 0.29) is 12.0 Å². The molecule has 3 aromatic rings. The summed E-state index contributed by atoms with van der Waals surface area (Å²) in [6.07, 6.45) is 1.51. The number of rotatable bonds is 5. The maximum absolute atomic E-state index is 12.2. The van der Waals surface area contributed by atoms with Gasteiger partial charge in [-0.1, -0.05) is 0 Å². The second-order valence-electron chi connectivity index (χ2n) is 4.70. The van der Waals surface area contributed by atoms with Gasteiger partial charge in [0, 0.05) is 6.07 Å². The zero-order valence-electron chi connectivity index (χ0n) is 12.4. The van der Waals surface area contributed by atoms with E-state index in [1.54, 1.807) is 31.2 Å². The maximum atomic E-state index is 12.2. The second-order valence-corrected chi connectivity index (χ2v) is 4.70. The number of furan rings is 1. The number of esters is 1. The Morgan fingerprint density at radius 2 is 2.04 bits per heavy atom. The summed E-state index contributed by atoms with van der Waals surface area (Å²) in [7, 11) is 0. The van der Waals surface area contributed by atoms with Crippen LogP contribution in [0.2, 0.25) is 0 Å². The number of hydrogen-bond donors (Lipinski definition) is 0. The summed E-state index contributed by atoms with van der Waals surface area (Å²) in [5.41, 5.74) is 0.187. The van der Waals surface area contributed by atoms with Crippen LogP contribution in [-0.2, 0) is 9.53 Å². The molecule has 1 aromatic carbocycles. The van der Waals surface area contributed by atoms with Crippen LogP contribution in [0.4, 0.5) is 0 Å². The van der Waals surface area contributed by atoms with Crippen molar-refractivity contribution in [2.45, 2.75) is 6.92 Å². The molecule has 0 aliphatic rings. The molecule has 0 saturated carbocycles. The molecule has 118 valence electrons. The first-order valence-electron chi connectivity index (χ1n) is 7.07. The molecular weight excluding hydrogens is 300 g/mol. The van der Waals surface area contributed by atoms with E-state index in [4.69, 9.17) is 18.3 Å². The van der Waals surface area contributed by atoms with Crippen LogP contribution in [0.3, 0.4) is 0 Å². The van der Waals surface area contributed by atoms with Crippen molar-refractivity contribution < 1.29 is 23.1 Å². The van der Waals surface area contributed by atoms with E-state index in [2.05, 4.69) is 0 Å². The predicted molar refractivity (Wildman–Crippen MR) is 82.3 cm³/mol. The Bertz CT molecular complexity index is 876. The van der Waals surface area contributed by atoms with Crippen LogP contribution in [0.5, 0.6) is 5.75 Å². The predicted octanol–water partition coefficient (Wildman–Crippen LogP) is 2.99. The fraction of sp³-hybridized carbons (Fsp3) is 0.176. The lowest BCUT2D eigenvalue weighted by molar-refractivity contribution is -0.145. The molecule has 3 rings (SSSR count). The van der Waals surface area contributed by atoms with Crippen molar-refractivity contribution in [1.82, 2.24) is 0 Å². The number of benzene rings is 1. The number of ether oxygens (including phenoxy) is 2. The lowest BCUT2D eigenvalue weighted by atomic mass is 10.2. The summed E-state index contributed by atoms with van der Waals surface area (Å²) >= 11 is 0. The summed E-state index contributed by atoms with van der Waals surface area (Å²) in [4.78, 5) is 23.5. The van der Waals surface area contributed by atoms with Crippen LogP contribution in [0, 0.1) is 0 Å². The van der Waals surface area contributed by atoms with E-state index >= 15 is 0 Å². The molecule has 0 N–H and O–H groups in total. The Kier molecular flexibility index (Phi) is 4.14. The van der Waals surface area contributed by atoms with Gasteiger partial charge < -0.3 is 18.3 Å². The second kappa shape index (κ2) is 6.39. The average molecular weight is 314 g/mol. The highest BCUT2D eigenvalue weighted by Gasteiger charge is 2.10. The van der Waals surface area contributed by atoms with E-state index in [9.17, 15) is 9.59 Å². The van der Waals surface area contributed by atoms with Crippen LogP contribution in [0.15, 0.2) is 56.3 Å². The molecule has 0 atom stereocenters. The van der Waals surface area contributed by atoms with Crippen LogP contribution in [0.1, 0.15) is 6.92 Å². The van der Waals surface area contributed by atoms with Gasteiger partial charge >= 0.3 is 5.97 Å². The van der Waals surface area contributed by atoms with Gasteiger partial charge in [0.1, 0.15) is 11.3 Å². The molecule has 6 heteroatoms. The standard InChI is InChI=1S/C17H14O6/c1-2-20-17(19)10-22-11-5-6-14-12(8-11)13(18)9-16(23-14)15-4-3-7-21-15/h3-9H,2,10H2,1H3. The van der Waals surface area contributed by atoms with Crippen molar-refractivity contribution in [3.8, 4) is 17.3 Å². The molecule has 23 heavy (non-hydrogen) atoms. The van der Waals surface area contributed by atoms with Gasteiger partial charge in [-0.05, 0) is 37.3 Å². The molecule has 0 amide bonds. The first kappa shape index (κ1) is 14.9. The van der Waals surface area contributed by atoms with E-state index in [1.807, 2.05) is 0 Å². The fourth-order valence-corrected chi connectivity index (χ4v) is 2.11. The summed E-state index contributed by atoms with van der Waals surface area (Å²) in [5.74, 6) is 0.760. The third-order valence-corrected chi connectivity index (χ3v) is 3.12. The van der Waals surface area contributed by atoms with E-state index < -0.39 is 5.97 Å². The monoisotopic (exact) mass is 314 g/mol. The van der Waals surface area contributed by atoms with Crippen molar-refractivity contribution in [2.24, 2.45) is 0 Å². The zero-order valence-corrected chi connectivity index (χ0v) is 12.4. The summed E-state index contributed by atoms with van der Waals surface area (Å²) in [6, 6.07) is 9.55. The topological polar surface area (TPSA) is 78.9 Å². The minimum atomic E-state index is -0.465. The zero-order chi connectivity index (χ0) is 16.2. The molecule has 0 bridgehead atoms. The van der Waals surface area contributed by atoms with Crippen LogP contribution in [-0.4, -0.2) is 19.2 Å². The normalized spacial score (nSPS) is 10.7. The Labute approximate surface area is 131 Å². The van der Waals surface area contributed by atoms with Crippen molar-refractivity contribution in [1.29, 1.82) is 0 Å². The van der Waals surface area contributed by atoms with Crippen molar-refractivity contribution in [3.05, 3.63) is 52.9 Å². The molecular formula is C17H14O6. The van der Waals surface area contributed by atoms with Gasteiger partial charge in [0.05, 0.1) is 18.3 Å². The molecule has 0 fully saturated rings. The van der Waals surface area contributed by atoms with Gasteiger partial charge in [-0.2, -0.15) is 0 Å². The Morgan fingerprint density at radius 3 is 2.78 bits per heavy atom. The molecule has 2 aromatic heterocycles. The molecule has 6 nitrogen and oxygen atoms in total. The van der Waals surface area contributed by atoms with E-state index in [1.165, 1.54) is 18.4 Å². The lowest BCUT2D eigenvalue weighted by Gasteiger charge is -2.07. The quantitative estimate of drug-likeness (QED) is 0.674. The number of fused-ring (bicyclic) bond motifs is 1. The fourth-order valence-electron chi connectivity index (χ4n) is 2.11. The van der Waals surface area contributed by atoms with Gasteiger partial charge in [-0.25, -0.2) is 4.79 Å². The smallest absolute Gasteiger partial charge is 0.344 e. The average Bonchev–Trinajstić information content (AvgIpc) is 3.08. The number of carbonyl (C=O) groups is 1. The number of carbonyl (C=O) groups excluding carboxylic acids is 1. The molecule has 0 unspecified atom stereocenters. The van der Waals surface area contributed by atoms with Crippen molar-refractivity contribution >= 4 is 16.9 Å². The van der Waals surface area contributed by atoms with E-state index in [0.717, 1.165) is 0 Å². The van der Waals surface area contributed by atoms with Gasteiger partial charge in [0.2, 0.25) is 0 Å². The first-order chi connectivity index (χ1) is 11.2.